The number of aromatic amines is 1. The molecule has 1 aromatic heterocycles. The molecule has 72 valence electrons. The summed E-state index contributed by atoms with van der Waals surface area (Å²) >= 11 is 4.89. The number of nitrogens with two attached hydrogens (primary N) is 1. The lowest BCUT2D eigenvalue weighted by molar-refractivity contribution is 0.892. The molecule has 1 heterocycles. The van der Waals surface area contributed by atoms with Crippen molar-refractivity contribution in [1.29, 1.82) is 0 Å². The van der Waals surface area contributed by atoms with E-state index in [0.29, 0.717) is 5.39 Å². The fourth-order valence-electron chi connectivity index (χ4n) is 1.35. The van der Waals surface area contributed by atoms with Crippen LogP contribution in [-0.4, -0.2) is 9.66 Å². The van der Waals surface area contributed by atoms with Gasteiger partial charge in [0.2, 0.25) is 0 Å². The van der Waals surface area contributed by atoms with Crippen LogP contribution >= 0.6 is 12.2 Å². The topological polar surface area (TPSA) is 63.8 Å². The molecule has 0 saturated carbocycles. The smallest absolute Gasteiger partial charge is 0.280 e. The Bertz CT molecular complexity index is 611. The van der Waals surface area contributed by atoms with Crippen LogP contribution in [0.4, 0.5) is 0 Å². The molecule has 0 unspecified atom stereocenters. The molecule has 2 aromatic rings. The first kappa shape index (κ1) is 8.96. The van der Waals surface area contributed by atoms with E-state index in [1.54, 1.807) is 6.07 Å². The Balaban J connectivity index is 3.06. The molecule has 0 amide bonds. The fraction of sp³-hybridized carbons (Fsp3) is 0.111. The van der Waals surface area contributed by atoms with E-state index < -0.39 is 0 Å². The maximum Gasteiger partial charge on any atom is 0.280 e. The molecule has 0 fully saturated rings. The number of nitrogen functional groups attached to an aromatic ring is 1. The lowest BCUT2D eigenvalue weighted by atomic mass is 10.2. The minimum Gasteiger partial charge on any atom is -0.334 e. The van der Waals surface area contributed by atoms with Crippen molar-refractivity contribution in [3.8, 4) is 0 Å². The molecule has 0 aliphatic heterocycles. The molecule has 0 bridgehead atoms. The first-order valence-electron chi connectivity index (χ1n) is 4.10. The van der Waals surface area contributed by atoms with Crippen molar-refractivity contribution in [2.45, 2.75) is 6.92 Å². The van der Waals surface area contributed by atoms with Crippen molar-refractivity contribution in [1.82, 2.24) is 9.66 Å². The average molecular weight is 207 g/mol. The summed E-state index contributed by atoms with van der Waals surface area (Å²) in [6, 6.07) is 5.47. The highest BCUT2D eigenvalue weighted by Crippen LogP contribution is 2.08. The zero-order valence-electron chi connectivity index (χ0n) is 7.57. The standard InChI is InChI=1S/C9H9N3OS/c1-5-2-3-6-7(4-5)11-9(14)12(10)8(6)13/h2-4H,10H2,1H3,(H,11,14). The van der Waals surface area contributed by atoms with E-state index in [2.05, 4.69) is 4.98 Å². The maximum atomic E-state index is 11.6. The molecule has 0 radical (unpaired) electrons. The summed E-state index contributed by atoms with van der Waals surface area (Å²) in [5.41, 5.74) is 1.52. The van der Waals surface area contributed by atoms with Gasteiger partial charge in [0.05, 0.1) is 10.9 Å². The van der Waals surface area contributed by atoms with Gasteiger partial charge in [-0.05, 0) is 36.8 Å². The monoisotopic (exact) mass is 207 g/mol. The molecular weight excluding hydrogens is 198 g/mol. The summed E-state index contributed by atoms with van der Waals surface area (Å²) in [5.74, 6) is 5.45. The average Bonchev–Trinajstić information content (AvgIpc) is 2.14. The number of H-pyrrole nitrogens is 1. The molecule has 0 saturated heterocycles. The van der Waals surface area contributed by atoms with Crippen LogP contribution in [0.25, 0.3) is 10.9 Å². The van der Waals surface area contributed by atoms with Crippen molar-refractivity contribution in [2.24, 2.45) is 0 Å². The molecule has 5 heteroatoms. The first-order valence-corrected chi connectivity index (χ1v) is 4.51. The minimum absolute atomic E-state index is 0.230. The van der Waals surface area contributed by atoms with Crippen molar-refractivity contribution >= 4 is 23.1 Å². The molecule has 0 atom stereocenters. The zero-order valence-corrected chi connectivity index (χ0v) is 8.39. The van der Waals surface area contributed by atoms with Gasteiger partial charge in [-0.15, -0.1) is 0 Å². The second kappa shape index (κ2) is 2.95. The van der Waals surface area contributed by atoms with Crippen LogP contribution in [0.5, 0.6) is 0 Å². The van der Waals surface area contributed by atoms with Crippen LogP contribution < -0.4 is 11.4 Å². The SMILES string of the molecule is Cc1ccc2c(=O)n(N)c(=S)[nH]c2c1. The van der Waals surface area contributed by atoms with Gasteiger partial charge in [0, 0.05) is 0 Å². The number of hydrogen-bond donors (Lipinski definition) is 2. The largest absolute Gasteiger partial charge is 0.334 e. The van der Waals surface area contributed by atoms with Crippen molar-refractivity contribution < 1.29 is 0 Å². The summed E-state index contributed by atoms with van der Waals surface area (Å²) in [6.45, 7) is 1.95. The number of nitrogens with one attached hydrogen (secondary N) is 1. The zero-order chi connectivity index (χ0) is 10.3. The van der Waals surface area contributed by atoms with Crippen LogP contribution in [0.2, 0.25) is 0 Å². The Morgan fingerprint density at radius 1 is 1.50 bits per heavy atom. The predicted octanol–water partition coefficient (Wildman–Crippen LogP) is 1.08. The Morgan fingerprint density at radius 3 is 2.93 bits per heavy atom. The number of aromatic nitrogens is 2. The Labute approximate surface area is 85.0 Å². The van der Waals surface area contributed by atoms with E-state index in [-0.39, 0.29) is 10.3 Å². The van der Waals surface area contributed by atoms with Crippen LogP contribution in [0, 0.1) is 11.7 Å². The van der Waals surface area contributed by atoms with Gasteiger partial charge in [0.1, 0.15) is 0 Å². The Hall–Kier alpha value is -1.62. The number of fused-ring (bicyclic) bond motifs is 1. The van der Waals surface area contributed by atoms with Gasteiger partial charge in [-0.1, -0.05) is 6.07 Å². The van der Waals surface area contributed by atoms with Crippen molar-refractivity contribution in [3.05, 3.63) is 38.9 Å². The van der Waals surface area contributed by atoms with E-state index in [1.165, 1.54) is 0 Å². The molecule has 14 heavy (non-hydrogen) atoms. The first-order chi connectivity index (χ1) is 6.59. The lowest BCUT2D eigenvalue weighted by Crippen LogP contribution is -2.28. The summed E-state index contributed by atoms with van der Waals surface area (Å²) in [6.07, 6.45) is 0. The van der Waals surface area contributed by atoms with Gasteiger partial charge >= 0.3 is 0 Å². The van der Waals surface area contributed by atoms with Crippen LogP contribution in [0.1, 0.15) is 5.56 Å². The molecular formula is C9H9N3OS. The van der Waals surface area contributed by atoms with Crippen molar-refractivity contribution in [2.75, 3.05) is 5.84 Å². The summed E-state index contributed by atoms with van der Waals surface area (Å²) < 4.78 is 1.17. The highest BCUT2D eigenvalue weighted by molar-refractivity contribution is 7.71. The van der Waals surface area contributed by atoms with Gasteiger partial charge in [-0.3, -0.25) is 4.79 Å². The van der Waals surface area contributed by atoms with Crippen LogP contribution in [0.15, 0.2) is 23.0 Å². The Kier molecular flexibility index (Phi) is 1.89. The Morgan fingerprint density at radius 2 is 2.21 bits per heavy atom. The third-order valence-corrected chi connectivity index (χ3v) is 2.38. The number of hydrogen-bond acceptors (Lipinski definition) is 3. The van der Waals surface area contributed by atoms with Gasteiger partial charge < -0.3 is 10.8 Å². The molecule has 4 nitrogen and oxygen atoms in total. The summed E-state index contributed by atoms with van der Waals surface area (Å²) in [5, 5.41) is 0.548. The van der Waals surface area contributed by atoms with E-state index in [1.807, 2.05) is 19.1 Å². The van der Waals surface area contributed by atoms with Gasteiger partial charge in [0.25, 0.3) is 5.56 Å². The van der Waals surface area contributed by atoms with Gasteiger partial charge in [-0.2, -0.15) is 4.68 Å². The second-order valence-electron chi connectivity index (χ2n) is 3.15. The summed E-state index contributed by atoms with van der Waals surface area (Å²) in [7, 11) is 0. The fourth-order valence-corrected chi connectivity index (χ4v) is 1.54. The predicted molar refractivity (Wildman–Crippen MR) is 58.3 cm³/mol. The molecule has 1 aromatic carbocycles. The molecule has 0 aliphatic carbocycles. The second-order valence-corrected chi connectivity index (χ2v) is 3.54. The number of rotatable bonds is 0. The quantitative estimate of drug-likeness (QED) is 0.502. The normalized spacial score (nSPS) is 10.6. The molecule has 0 aliphatic rings. The van der Waals surface area contributed by atoms with Crippen LogP contribution in [-0.2, 0) is 0 Å². The van der Waals surface area contributed by atoms with Crippen molar-refractivity contribution in [3.63, 3.8) is 0 Å². The third-order valence-electron chi connectivity index (χ3n) is 2.08. The summed E-state index contributed by atoms with van der Waals surface area (Å²) in [4.78, 5) is 14.5. The highest BCUT2D eigenvalue weighted by atomic mass is 32.1. The number of aryl methyl sites for hydroxylation is 1. The minimum atomic E-state index is -0.274. The lowest BCUT2D eigenvalue weighted by Gasteiger charge is -2.02. The molecule has 2 rings (SSSR count). The molecule has 3 N–H and O–H groups in total. The number of nitrogens with zero attached hydrogens (tertiary/aromatic N) is 1. The van der Waals surface area contributed by atoms with Gasteiger partial charge in [-0.25, -0.2) is 0 Å². The number of benzene rings is 1. The highest BCUT2D eigenvalue weighted by Gasteiger charge is 2.02. The van der Waals surface area contributed by atoms with E-state index in [4.69, 9.17) is 18.1 Å². The van der Waals surface area contributed by atoms with E-state index in [0.717, 1.165) is 15.8 Å². The maximum absolute atomic E-state index is 11.6. The third kappa shape index (κ3) is 1.22. The van der Waals surface area contributed by atoms with E-state index >= 15 is 0 Å². The molecule has 0 spiro atoms. The van der Waals surface area contributed by atoms with E-state index in [9.17, 15) is 4.79 Å². The van der Waals surface area contributed by atoms with Gasteiger partial charge in [0.15, 0.2) is 4.77 Å². The van der Waals surface area contributed by atoms with Crippen LogP contribution in [0.3, 0.4) is 0 Å².